The zero-order chi connectivity index (χ0) is 12.0. The molecule has 1 aromatic rings. The van der Waals surface area contributed by atoms with Crippen LogP contribution < -0.4 is 5.32 Å². The highest BCUT2D eigenvalue weighted by Gasteiger charge is 2.13. The summed E-state index contributed by atoms with van der Waals surface area (Å²) in [6.45, 7) is 2.33. The first-order valence-electron chi connectivity index (χ1n) is 4.89. The molecule has 16 heavy (non-hydrogen) atoms. The number of anilines is 1. The number of unbranched alkanes of at least 4 members (excludes halogenated alkanes) is 1. The molecule has 2 N–H and O–H groups in total. The Bertz CT molecular complexity index is 375. The number of carboxylic acid groups (broad SMARTS) is 1. The van der Waals surface area contributed by atoms with Crippen LogP contribution in [0.3, 0.4) is 0 Å². The van der Waals surface area contributed by atoms with E-state index in [-0.39, 0.29) is 5.56 Å². The van der Waals surface area contributed by atoms with Gasteiger partial charge < -0.3 is 9.84 Å². The molecule has 0 spiro atoms. The Morgan fingerprint density at radius 1 is 1.56 bits per heavy atom. The number of nitrogens with one attached hydrogen (secondary N) is 1. The Hall–Kier alpha value is -1.56. The molecule has 1 aromatic heterocycles. The van der Waals surface area contributed by atoms with Crippen molar-refractivity contribution in [3.8, 4) is 0 Å². The second-order valence-electron chi connectivity index (χ2n) is 3.08. The van der Waals surface area contributed by atoms with Crippen molar-refractivity contribution >= 4 is 28.4 Å². The van der Waals surface area contributed by atoms with Gasteiger partial charge >= 0.3 is 12.1 Å². The maximum atomic E-state index is 11.2. The minimum Gasteiger partial charge on any atom is -0.478 e. The third-order valence-electron chi connectivity index (χ3n) is 1.84. The molecule has 0 aliphatic carbocycles. The molecular formula is C10H13NO4S. The second kappa shape index (κ2) is 6.12. The Morgan fingerprint density at radius 3 is 2.94 bits per heavy atom. The van der Waals surface area contributed by atoms with Gasteiger partial charge in [0.2, 0.25) is 0 Å². The van der Waals surface area contributed by atoms with Crippen LogP contribution in [0.2, 0.25) is 0 Å². The molecule has 0 aliphatic heterocycles. The lowest BCUT2D eigenvalue weighted by atomic mass is 10.3. The van der Waals surface area contributed by atoms with E-state index in [4.69, 9.17) is 9.84 Å². The zero-order valence-electron chi connectivity index (χ0n) is 8.86. The quantitative estimate of drug-likeness (QED) is 0.780. The summed E-state index contributed by atoms with van der Waals surface area (Å²) in [5.74, 6) is -1.06. The fourth-order valence-corrected chi connectivity index (χ4v) is 1.78. The highest BCUT2D eigenvalue weighted by Crippen LogP contribution is 2.23. The van der Waals surface area contributed by atoms with Gasteiger partial charge in [-0.25, -0.2) is 9.59 Å². The summed E-state index contributed by atoms with van der Waals surface area (Å²) in [6.07, 6.45) is 1.12. The van der Waals surface area contributed by atoms with Gasteiger partial charge in [-0.3, -0.25) is 5.32 Å². The molecule has 0 bridgehead atoms. The Kier molecular flexibility index (Phi) is 4.78. The summed E-state index contributed by atoms with van der Waals surface area (Å²) in [4.78, 5) is 22.0. The highest BCUT2D eigenvalue weighted by atomic mass is 32.1. The molecule has 1 amide bonds. The van der Waals surface area contributed by atoms with Gasteiger partial charge in [-0.1, -0.05) is 13.3 Å². The van der Waals surface area contributed by atoms with E-state index in [2.05, 4.69) is 5.32 Å². The average Bonchev–Trinajstić information content (AvgIpc) is 2.66. The molecule has 0 fully saturated rings. The number of thiophene rings is 1. The van der Waals surface area contributed by atoms with Gasteiger partial charge in [0, 0.05) is 0 Å². The molecule has 5 nitrogen and oxygen atoms in total. The summed E-state index contributed by atoms with van der Waals surface area (Å²) < 4.78 is 4.85. The van der Waals surface area contributed by atoms with Crippen LogP contribution >= 0.6 is 11.3 Å². The Balaban J connectivity index is 2.49. The second-order valence-corrected chi connectivity index (χ2v) is 4.00. The fraction of sp³-hybridized carbons (Fsp3) is 0.400. The van der Waals surface area contributed by atoms with Crippen LogP contribution in [0, 0.1) is 0 Å². The number of aromatic carboxylic acids is 1. The summed E-state index contributed by atoms with van der Waals surface area (Å²) in [7, 11) is 0. The molecule has 0 aliphatic rings. The van der Waals surface area contributed by atoms with Crippen LogP contribution in [0.5, 0.6) is 0 Å². The van der Waals surface area contributed by atoms with Crippen LogP contribution in [0.4, 0.5) is 9.80 Å². The monoisotopic (exact) mass is 243 g/mol. The van der Waals surface area contributed by atoms with Crippen molar-refractivity contribution < 1.29 is 19.4 Å². The molecule has 0 radical (unpaired) electrons. The minimum atomic E-state index is -1.06. The van der Waals surface area contributed by atoms with E-state index >= 15 is 0 Å². The van der Waals surface area contributed by atoms with Crippen molar-refractivity contribution in [3.63, 3.8) is 0 Å². The van der Waals surface area contributed by atoms with E-state index in [0.717, 1.165) is 24.2 Å². The molecule has 0 atom stereocenters. The van der Waals surface area contributed by atoms with E-state index in [1.165, 1.54) is 6.07 Å². The first-order chi connectivity index (χ1) is 7.65. The molecule has 6 heteroatoms. The third kappa shape index (κ3) is 3.54. The topological polar surface area (TPSA) is 75.6 Å². The van der Waals surface area contributed by atoms with Gasteiger partial charge in [-0.2, -0.15) is 0 Å². The molecule has 1 heterocycles. The van der Waals surface area contributed by atoms with Gasteiger partial charge in [-0.15, -0.1) is 11.3 Å². The minimum absolute atomic E-state index is 0.0810. The van der Waals surface area contributed by atoms with Crippen LogP contribution in [-0.2, 0) is 4.74 Å². The van der Waals surface area contributed by atoms with E-state index < -0.39 is 12.1 Å². The van der Waals surface area contributed by atoms with E-state index in [9.17, 15) is 9.59 Å². The number of amides is 1. The molecule has 0 saturated heterocycles. The Labute approximate surface area is 97.0 Å². The maximum absolute atomic E-state index is 11.2. The van der Waals surface area contributed by atoms with Crippen LogP contribution in [-0.4, -0.2) is 23.8 Å². The van der Waals surface area contributed by atoms with E-state index in [1.54, 1.807) is 5.38 Å². The van der Waals surface area contributed by atoms with Crippen molar-refractivity contribution in [1.82, 2.24) is 0 Å². The molecular weight excluding hydrogens is 230 g/mol. The lowest BCUT2D eigenvalue weighted by Crippen LogP contribution is -2.15. The molecule has 88 valence electrons. The number of carbonyl (C=O) groups is 2. The van der Waals surface area contributed by atoms with Crippen LogP contribution in [0.15, 0.2) is 11.4 Å². The maximum Gasteiger partial charge on any atom is 0.412 e. The van der Waals surface area contributed by atoms with Crippen molar-refractivity contribution in [2.75, 3.05) is 11.9 Å². The molecule has 0 unspecified atom stereocenters. The lowest BCUT2D eigenvalue weighted by Gasteiger charge is -2.05. The number of rotatable bonds is 5. The third-order valence-corrected chi connectivity index (χ3v) is 2.67. The van der Waals surface area contributed by atoms with Gasteiger partial charge in [0.25, 0.3) is 0 Å². The standard InChI is InChI=1S/C10H13NO4S/c1-2-3-5-15-10(14)11-8-7(9(12)13)4-6-16-8/h4,6H,2-3,5H2,1H3,(H,11,14)(H,12,13). The van der Waals surface area contributed by atoms with Gasteiger partial charge in [0.15, 0.2) is 0 Å². The summed E-state index contributed by atoms with van der Waals surface area (Å²) in [5.41, 5.74) is 0.0810. The van der Waals surface area contributed by atoms with Crippen molar-refractivity contribution in [1.29, 1.82) is 0 Å². The summed E-state index contributed by atoms with van der Waals surface area (Å²) in [6, 6.07) is 1.44. The number of carboxylic acids is 1. The number of ether oxygens (including phenoxy) is 1. The first kappa shape index (κ1) is 12.5. The SMILES string of the molecule is CCCCOC(=O)Nc1sccc1C(=O)O. The molecule has 1 rings (SSSR count). The first-order valence-corrected chi connectivity index (χ1v) is 5.77. The zero-order valence-corrected chi connectivity index (χ0v) is 9.67. The summed E-state index contributed by atoms with van der Waals surface area (Å²) >= 11 is 1.15. The molecule has 0 saturated carbocycles. The highest BCUT2D eigenvalue weighted by molar-refractivity contribution is 7.14. The van der Waals surface area contributed by atoms with Gasteiger partial charge in [0.1, 0.15) is 5.00 Å². The number of carbonyl (C=O) groups excluding carboxylic acids is 1. The van der Waals surface area contributed by atoms with Gasteiger partial charge in [0.05, 0.1) is 12.2 Å². The fourth-order valence-electron chi connectivity index (χ4n) is 1.01. The van der Waals surface area contributed by atoms with Crippen molar-refractivity contribution in [3.05, 3.63) is 17.0 Å². The van der Waals surface area contributed by atoms with Crippen molar-refractivity contribution in [2.45, 2.75) is 19.8 Å². The van der Waals surface area contributed by atoms with Crippen molar-refractivity contribution in [2.24, 2.45) is 0 Å². The van der Waals surface area contributed by atoms with Crippen LogP contribution in [0.1, 0.15) is 30.1 Å². The van der Waals surface area contributed by atoms with E-state index in [0.29, 0.717) is 11.6 Å². The smallest absolute Gasteiger partial charge is 0.412 e. The normalized spacial score (nSPS) is 9.81. The number of hydrogen-bond donors (Lipinski definition) is 2. The average molecular weight is 243 g/mol. The lowest BCUT2D eigenvalue weighted by molar-refractivity contribution is 0.0698. The predicted molar refractivity (Wildman–Crippen MR) is 61.2 cm³/mol. The van der Waals surface area contributed by atoms with E-state index in [1.807, 2.05) is 6.92 Å². The molecule has 0 aromatic carbocycles. The van der Waals surface area contributed by atoms with Crippen LogP contribution in [0.25, 0.3) is 0 Å². The summed E-state index contributed by atoms with van der Waals surface area (Å²) in [5, 5.41) is 13.1. The predicted octanol–water partition coefficient (Wildman–Crippen LogP) is 2.79. The Morgan fingerprint density at radius 2 is 2.31 bits per heavy atom. The largest absolute Gasteiger partial charge is 0.478 e. The van der Waals surface area contributed by atoms with Gasteiger partial charge in [-0.05, 0) is 17.9 Å². The number of hydrogen-bond acceptors (Lipinski definition) is 4.